The Labute approximate surface area is 107 Å². The molecule has 4 heteroatoms. The minimum absolute atomic E-state index is 0.0161. The summed E-state index contributed by atoms with van der Waals surface area (Å²) in [7, 11) is 0. The van der Waals surface area contributed by atoms with Crippen LogP contribution in [0.5, 0.6) is 5.75 Å². The highest BCUT2D eigenvalue weighted by atomic mass is 16.3. The molecule has 0 spiro atoms. The molecule has 1 rings (SSSR count). The number of carbonyl (C=O) groups excluding carboxylic acids is 2. The van der Waals surface area contributed by atoms with E-state index in [1.54, 1.807) is 13.0 Å². The predicted octanol–water partition coefficient (Wildman–Crippen LogP) is 2.05. The van der Waals surface area contributed by atoms with E-state index < -0.39 is 5.41 Å². The Morgan fingerprint density at radius 3 is 2.39 bits per heavy atom. The summed E-state index contributed by atoms with van der Waals surface area (Å²) in [6.07, 6.45) is 0. The Balaban J connectivity index is 2.66. The van der Waals surface area contributed by atoms with Crippen molar-refractivity contribution in [2.75, 3.05) is 6.54 Å². The fourth-order valence-corrected chi connectivity index (χ4v) is 1.32. The zero-order valence-electron chi connectivity index (χ0n) is 11.2. The molecule has 1 aromatic rings. The third-order valence-electron chi connectivity index (χ3n) is 2.71. The van der Waals surface area contributed by atoms with Crippen LogP contribution in [0.2, 0.25) is 0 Å². The van der Waals surface area contributed by atoms with Crippen LogP contribution in [0.25, 0.3) is 0 Å². The second-order valence-electron chi connectivity index (χ2n) is 5.36. The lowest BCUT2D eigenvalue weighted by molar-refractivity contribution is -0.125. The number of hydrogen-bond donors (Lipinski definition) is 2. The summed E-state index contributed by atoms with van der Waals surface area (Å²) < 4.78 is 0. The molecule has 98 valence electrons. The Hall–Kier alpha value is -1.84. The third-order valence-corrected chi connectivity index (χ3v) is 2.71. The summed E-state index contributed by atoms with van der Waals surface area (Å²) in [6, 6.07) is 4.58. The number of hydrogen-bond acceptors (Lipinski definition) is 3. The van der Waals surface area contributed by atoms with Gasteiger partial charge in [-0.3, -0.25) is 9.59 Å². The molecule has 2 N–H and O–H groups in total. The highest BCUT2D eigenvalue weighted by Gasteiger charge is 2.21. The molecule has 0 aliphatic rings. The van der Waals surface area contributed by atoms with Gasteiger partial charge in [-0.15, -0.1) is 0 Å². The van der Waals surface area contributed by atoms with Gasteiger partial charge in [0.2, 0.25) is 0 Å². The van der Waals surface area contributed by atoms with Crippen molar-refractivity contribution < 1.29 is 14.7 Å². The monoisotopic (exact) mass is 249 g/mol. The van der Waals surface area contributed by atoms with Gasteiger partial charge in [0.1, 0.15) is 5.75 Å². The van der Waals surface area contributed by atoms with Crippen LogP contribution in [0.1, 0.15) is 36.7 Å². The zero-order chi connectivity index (χ0) is 13.9. The molecule has 0 aliphatic carbocycles. The van der Waals surface area contributed by atoms with Gasteiger partial charge in [0.25, 0.3) is 5.91 Å². The van der Waals surface area contributed by atoms with Gasteiger partial charge in [-0.2, -0.15) is 0 Å². The van der Waals surface area contributed by atoms with Crippen LogP contribution in [0, 0.1) is 12.3 Å². The number of nitrogens with one attached hydrogen (secondary N) is 1. The molecular weight excluding hydrogens is 230 g/mol. The second-order valence-corrected chi connectivity index (χ2v) is 5.36. The van der Waals surface area contributed by atoms with Crippen molar-refractivity contribution >= 4 is 11.7 Å². The van der Waals surface area contributed by atoms with Crippen molar-refractivity contribution in [1.82, 2.24) is 5.32 Å². The van der Waals surface area contributed by atoms with Gasteiger partial charge < -0.3 is 10.4 Å². The van der Waals surface area contributed by atoms with Gasteiger partial charge in [0.05, 0.1) is 6.54 Å². The van der Waals surface area contributed by atoms with Crippen molar-refractivity contribution in [2.24, 2.45) is 5.41 Å². The highest BCUT2D eigenvalue weighted by Crippen LogP contribution is 2.17. The Morgan fingerprint density at radius 1 is 1.28 bits per heavy atom. The van der Waals surface area contributed by atoms with E-state index in [0.717, 1.165) is 0 Å². The quantitative estimate of drug-likeness (QED) is 0.861. The molecule has 18 heavy (non-hydrogen) atoms. The third kappa shape index (κ3) is 3.58. The van der Waals surface area contributed by atoms with E-state index >= 15 is 0 Å². The Bertz CT molecular complexity index is 472. The summed E-state index contributed by atoms with van der Waals surface area (Å²) in [5.41, 5.74) is 0.606. The molecule has 0 saturated heterocycles. The predicted molar refractivity (Wildman–Crippen MR) is 69.6 cm³/mol. The van der Waals surface area contributed by atoms with E-state index in [9.17, 15) is 14.7 Å². The van der Waals surface area contributed by atoms with Gasteiger partial charge in [-0.05, 0) is 30.7 Å². The van der Waals surface area contributed by atoms with Crippen molar-refractivity contribution in [3.8, 4) is 5.75 Å². The van der Waals surface area contributed by atoms with E-state index in [1.807, 2.05) is 20.8 Å². The van der Waals surface area contributed by atoms with E-state index in [4.69, 9.17) is 0 Å². The first kappa shape index (κ1) is 14.2. The molecule has 1 amide bonds. The molecule has 0 aromatic heterocycles. The largest absolute Gasteiger partial charge is 0.508 e. The fraction of sp³-hybridized carbons (Fsp3) is 0.429. The molecule has 0 heterocycles. The van der Waals surface area contributed by atoms with Crippen LogP contribution >= 0.6 is 0 Å². The van der Waals surface area contributed by atoms with Gasteiger partial charge >= 0.3 is 0 Å². The smallest absolute Gasteiger partial charge is 0.251 e. The summed E-state index contributed by atoms with van der Waals surface area (Å²) in [4.78, 5) is 23.5. The molecule has 4 nitrogen and oxygen atoms in total. The SMILES string of the molecule is Cc1cc(C(=O)NCC(=O)C(C)(C)C)ccc1O. The molecule has 0 bridgehead atoms. The number of phenolic OH excluding ortho intramolecular Hbond substituents is 1. The molecule has 0 unspecified atom stereocenters. The maximum atomic E-state index is 11.8. The Kier molecular flexibility index (Phi) is 4.11. The first-order valence-corrected chi connectivity index (χ1v) is 5.83. The number of carbonyl (C=O) groups is 2. The Morgan fingerprint density at radius 2 is 1.89 bits per heavy atom. The maximum absolute atomic E-state index is 11.8. The summed E-state index contributed by atoms with van der Waals surface area (Å²) in [6.45, 7) is 7.17. The van der Waals surface area contributed by atoms with E-state index in [-0.39, 0.29) is 24.0 Å². The number of amides is 1. The number of benzene rings is 1. The van der Waals surface area contributed by atoms with Gasteiger partial charge in [-0.25, -0.2) is 0 Å². The van der Waals surface area contributed by atoms with Crippen molar-refractivity contribution in [1.29, 1.82) is 0 Å². The number of ketones is 1. The number of Topliss-reactive ketones (excluding diaryl/α,β-unsaturated/α-hetero) is 1. The lowest BCUT2D eigenvalue weighted by Gasteiger charge is -2.16. The molecule has 0 atom stereocenters. The molecule has 0 fully saturated rings. The topological polar surface area (TPSA) is 66.4 Å². The first-order chi connectivity index (χ1) is 8.21. The van der Waals surface area contributed by atoms with Crippen molar-refractivity contribution in [3.05, 3.63) is 29.3 Å². The number of phenols is 1. The van der Waals surface area contributed by atoms with Crippen LogP contribution in [-0.2, 0) is 4.79 Å². The molecule has 0 aliphatic heterocycles. The average molecular weight is 249 g/mol. The lowest BCUT2D eigenvalue weighted by atomic mass is 9.91. The van der Waals surface area contributed by atoms with Crippen LogP contribution in [0.3, 0.4) is 0 Å². The van der Waals surface area contributed by atoms with Gasteiger partial charge in [-0.1, -0.05) is 20.8 Å². The fourth-order valence-electron chi connectivity index (χ4n) is 1.32. The normalized spacial score (nSPS) is 11.1. The second kappa shape index (κ2) is 5.21. The summed E-state index contributed by atoms with van der Waals surface area (Å²) in [5.74, 6) is -0.181. The average Bonchev–Trinajstić information content (AvgIpc) is 2.27. The maximum Gasteiger partial charge on any atom is 0.251 e. The summed E-state index contributed by atoms with van der Waals surface area (Å²) in [5, 5.41) is 11.9. The van der Waals surface area contributed by atoms with Gasteiger partial charge in [0.15, 0.2) is 5.78 Å². The van der Waals surface area contributed by atoms with E-state index in [0.29, 0.717) is 11.1 Å². The van der Waals surface area contributed by atoms with Crippen LogP contribution in [-0.4, -0.2) is 23.3 Å². The standard InChI is InChI=1S/C14H19NO3/c1-9-7-10(5-6-11(9)16)13(18)15-8-12(17)14(2,3)4/h5-7,16H,8H2,1-4H3,(H,15,18). The minimum Gasteiger partial charge on any atom is -0.508 e. The highest BCUT2D eigenvalue weighted by molar-refractivity contribution is 5.97. The van der Waals surface area contributed by atoms with Crippen molar-refractivity contribution in [3.63, 3.8) is 0 Å². The van der Waals surface area contributed by atoms with Crippen LogP contribution in [0.4, 0.5) is 0 Å². The van der Waals surface area contributed by atoms with E-state index in [1.165, 1.54) is 12.1 Å². The van der Waals surface area contributed by atoms with Crippen molar-refractivity contribution in [2.45, 2.75) is 27.7 Å². The molecule has 0 saturated carbocycles. The van der Waals surface area contributed by atoms with Crippen LogP contribution in [0.15, 0.2) is 18.2 Å². The molecular formula is C14H19NO3. The summed E-state index contributed by atoms with van der Waals surface area (Å²) >= 11 is 0. The van der Waals surface area contributed by atoms with Crippen LogP contribution < -0.4 is 5.32 Å². The lowest BCUT2D eigenvalue weighted by Crippen LogP contribution is -2.35. The number of rotatable bonds is 3. The minimum atomic E-state index is -0.460. The van der Waals surface area contributed by atoms with Gasteiger partial charge in [0, 0.05) is 11.0 Å². The first-order valence-electron chi connectivity index (χ1n) is 5.83. The molecule has 1 aromatic carbocycles. The number of aromatic hydroxyl groups is 1. The number of aryl methyl sites for hydroxylation is 1. The molecule has 0 radical (unpaired) electrons. The zero-order valence-corrected chi connectivity index (χ0v) is 11.2. The van der Waals surface area contributed by atoms with E-state index in [2.05, 4.69) is 5.32 Å².